The number of rotatable bonds is 3. The monoisotopic (exact) mass is 248 g/mol. The van der Waals surface area contributed by atoms with Crippen molar-refractivity contribution in [3.63, 3.8) is 0 Å². The second-order valence-corrected chi connectivity index (χ2v) is 5.58. The van der Waals surface area contributed by atoms with Crippen LogP contribution in [0.5, 0.6) is 0 Å². The van der Waals surface area contributed by atoms with Crippen LogP contribution >= 0.6 is 0 Å². The number of aryl methyl sites for hydroxylation is 1. The predicted octanol–water partition coefficient (Wildman–Crippen LogP) is 1.60. The van der Waals surface area contributed by atoms with Crippen molar-refractivity contribution in [2.45, 2.75) is 45.8 Å². The second-order valence-electron chi connectivity index (χ2n) is 5.58. The summed E-state index contributed by atoms with van der Waals surface area (Å²) in [5.41, 5.74) is 1.08. The maximum Gasteiger partial charge on any atom is 0.125 e. The van der Waals surface area contributed by atoms with Crippen LogP contribution in [0.3, 0.4) is 0 Å². The molecule has 0 amide bonds. The maximum absolute atomic E-state index is 4.43. The first-order valence-corrected chi connectivity index (χ1v) is 6.78. The number of hydrogen-bond donors (Lipinski definition) is 1. The van der Waals surface area contributed by atoms with E-state index in [-0.39, 0.29) is 0 Å². The summed E-state index contributed by atoms with van der Waals surface area (Å²) in [7, 11) is 2.21. The Morgan fingerprint density at radius 1 is 1.44 bits per heavy atom. The van der Waals surface area contributed by atoms with Crippen molar-refractivity contribution in [3.05, 3.63) is 23.8 Å². The molecule has 1 fully saturated rings. The van der Waals surface area contributed by atoms with Crippen molar-refractivity contribution < 1.29 is 0 Å². The third-order valence-corrected chi connectivity index (χ3v) is 3.99. The number of nitrogens with zero attached hydrogens (tertiary/aromatic N) is 3. The first kappa shape index (κ1) is 13.4. The predicted molar refractivity (Wildman–Crippen MR) is 73.3 cm³/mol. The van der Waals surface area contributed by atoms with Gasteiger partial charge >= 0.3 is 0 Å². The summed E-state index contributed by atoms with van der Waals surface area (Å²) in [4.78, 5) is 11.0. The van der Waals surface area contributed by atoms with Gasteiger partial charge < -0.3 is 10.2 Å². The highest BCUT2D eigenvalue weighted by atomic mass is 15.2. The van der Waals surface area contributed by atoms with E-state index in [1.807, 2.05) is 19.2 Å². The van der Waals surface area contributed by atoms with Gasteiger partial charge in [0.05, 0.1) is 5.69 Å². The summed E-state index contributed by atoms with van der Waals surface area (Å²) in [6.07, 6.45) is 3.04. The van der Waals surface area contributed by atoms with E-state index in [1.54, 1.807) is 0 Å². The number of nitrogens with one attached hydrogen (secondary N) is 1. The topological polar surface area (TPSA) is 41.1 Å². The Balaban J connectivity index is 1.90. The molecule has 3 atom stereocenters. The molecule has 1 aromatic heterocycles. The highest BCUT2D eigenvalue weighted by molar-refractivity contribution is 5.01. The van der Waals surface area contributed by atoms with Gasteiger partial charge in [-0.05, 0) is 39.3 Å². The molecule has 1 N–H and O–H groups in total. The molecule has 0 saturated carbocycles. The number of aromatic nitrogens is 2. The number of piperidine rings is 1. The van der Waals surface area contributed by atoms with Crippen LogP contribution in [-0.4, -0.2) is 40.5 Å². The molecule has 1 aromatic rings. The summed E-state index contributed by atoms with van der Waals surface area (Å²) in [5.74, 6) is 1.54. The zero-order valence-electron chi connectivity index (χ0n) is 11.8. The van der Waals surface area contributed by atoms with Crippen molar-refractivity contribution in [1.29, 1.82) is 0 Å². The van der Waals surface area contributed by atoms with E-state index in [9.17, 15) is 0 Å². The Morgan fingerprint density at radius 2 is 2.22 bits per heavy atom. The molecule has 2 rings (SSSR count). The average Bonchev–Trinajstić information content (AvgIpc) is 2.32. The molecule has 1 saturated heterocycles. The van der Waals surface area contributed by atoms with Gasteiger partial charge in [0.25, 0.3) is 0 Å². The van der Waals surface area contributed by atoms with Gasteiger partial charge in [-0.15, -0.1) is 0 Å². The van der Waals surface area contributed by atoms with Gasteiger partial charge in [0.2, 0.25) is 0 Å². The lowest BCUT2D eigenvalue weighted by atomic mass is 9.90. The molecule has 100 valence electrons. The highest BCUT2D eigenvalue weighted by Gasteiger charge is 2.28. The quantitative estimate of drug-likeness (QED) is 0.882. The van der Waals surface area contributed by atoms with Crippen molar-refractivity contribution in [1.82, 2.24) is 20.2 Å². The van der Waals surface area contributed by atoms with Crippen LogP contribution in [-0.2, 0) is 6.54 Å². The Labute approximate surface area is 110 Å². The zero-order valence-corrected chi connectivity index (χ0v) is 11.8. The summed E-state index contributed by atoms with van der Waals surface area (Å²) in [6.45, 7) is 8.57. The molecule has 1 aliphatic heterocycles. The molecule has 0 aliphatic carbocycles. The van der Waals surface area contributed by atoms with E-state index < -0.39 is 0 Å². The molecule has 0 bridgehead atoms. The third-order valence-electron chi connectivity index (χ3n) is 3.99. The lowest BCUT2D eigenvalue weighted by molar-refractivity contribution is 0.121. The first-order valence-electron chi connectivity index (χ1n) is 6.78. The van der Waals surface area contributed by atoms with E-state index in [2.05, 4.69) is 41.1 Å². The van der Waals surface area contributed by atoms with Gasteiger partial charge in [-0.1, -0.05) is 6.92 Å². The third kappa shape index (κ3) is 3.27. The molecular formula is C14H24N4. The van der Waals surface area contributed by atoms with Gasteiger partial charge in [0.15, 0.2) is 0 Å². The van der Waals surface area contributed by atoms with Crippen molar-refractivity contribution in [3.8, 4) is 0 Å². The van der Waals surface area contributed by atoms with Gasteiger partial charge in [-0.25, -0.2) is 9.97 Å². The van der Waals surface area contributed by atoms with E-state index in [0.717, 1.165) is 18.1 Å². The largest absolute Gasteiger partial charge is 0.308 e. The van der Waals surface area contributed by atoms with Crippen molar-refractivity contribution >= 4 is 0 Å². The van der Waals surface area contributed by atoms with Crippen LogP contribution in [0.15, 0.2) is 12.3 Å². The fourth-order valence-electron chi connectivity index (χ4n) is 2.66. The zero-order chi connectivity index (χ0) is 13.1. The summed E-state index contributed by atoms with van der Waals surface area (Å²) in [5, 5.41) is 3.65. The van der Waals surface area contributed by atoms with Gasteiger partial charge in [-0.3, -0.25) is 0 Å². The molecule has 0 aromatic carbocycles. The van der Waals surface area contributed by atoms with Crippen molar-refractivity contribution in [2.75, 3.05) is 13.6 Å². The molecule has 3 unspecified atom stereocenters. The molecule has 0 radical (unpaired) electrons. The van der Waals surface area contributed by atoms with Gasteiger partial charge in [0.1, 0.15) is 5.82 Å². The molecule has 0 spiro atoms. The number of hydrogen-bond acceptors (Lipinski definition) is 4. The fourth-order valence-corrected chi connectivity index (χ4v) is 2.66. The molecule has 2 heterocycles. The SMILES string of the molecule is Cc1nccc(CNC2CC(C)N(C)CC2C)n1. The average molecular weight is 248 g/mol. The second kappa shape index (κ2) is 5.76. The molecule has 4 nitrogen and oxygen atoms in total. The molecule has 1 aliphatic rings. The molecular weight excluding hydrogens is 224 g/mol. The smallest absolute Gasteiger partial charge is 0.125 e. The lowest BCUT2D eigenvalue weighted by Crippen LogP contribution is -2.50. The highest BCUT2D eigenvalue weighted by Crippen LogP contribution is 2.20. The minimum Gasteiger partial charge on any atom is -0.308 e. The van der Waals surface area contributed by atoms with E-state index in [0.29, 0.717) is 18.0 Å². The van der Waals surface area contributed by atoms with E-state index >= 15 is 0 Å². The van der Waals surface area contributed by atoms with E-state index in [1.165, 1.54) is 13.0 Å². The number of likely N-dealkylation sites (tertiary alicyclic amines) is 1. The van der Waals surface area contributed by atoms with Crippen LogP contribution in [0.25, 0.3) is 0 Å². The van der Waals surface area contributed by atoms with Crippen LogP contribution < -0.4 is 5.32 Å². The standard InChI is InChI=1S/C14H24N4/c1-10-9-18(4)11(2)7-14(10)16-8-13-5-6-15-12(3)17-13/h5-6,10-11,14,16H,7-9H2,1-4H3. The van der Waals surface area contributed by atoms with Crippen molar-refractivity contribution in [2.24, 2.45) is 5.92 Å². The summed E-state index contributed by atoms with van der Waals surface area (Å²) < 4.78 is 0. The Hall–Kier alpha value is -1.00. The lowest BCUT2D eigenvalue weighted by Gasteiger charge is -2.40. The normalized spacial score (nSPS) is 29.4. The summed E-state index contributed by atoms with van der Waals surface area (Å²) in [6, 6.07) is 3.24. The fraction of sp³-hybridized carbons (Fsp3) is 0.714. The Bertz CT molecular complexity index is 393. The molecule has 18 heavy (non-hydrogen) atoms. The van der Waals surface area contributed by atoms with E-state index in [4.69, 9.17) is 0 Å². The van der Waals surface area contributed by atoms with Gasteiger partial charge in [0, 0.05) is 31.4 Å². The minimum absolute atomic E-state index is 0.589. The maximum atomic E-state index is 4.43. The van der Waals surface area contributed by atoms with Crippen LogP contribution in [0, 0.1) is 12.8 Å². The van der Waals surface area contributed by atoms with Crippen LogP contribution in [0.2, 0.25) is 0 Å². The summed E-state index contributed by atoms with van der Waals surface area (Å²) >= 11 is 0. The van der Waals surface area contributed by atoms with Gasteiger partial charge in [-0.2, -0.15) is 0 Å². The van der Waals surface area contributed by atoms with Crippen LogP contribution in [0.1, 0.15) is 31.8 Å². The van der Waals surface area contributed by atoms with Crippen LogP contribution in [0.4, 0.5) is 0 Å². The Kier molecular flexibility index (Phi) is 4.30. The molecule has 4 heteroatoms. The Morgan fingerprint density at radius 3 is 2.94 bits per heavy atom. The minimum atomic E-state index is 0.589. The first-order chi connectivity index (χ1) is 8.56.